The first-order valence-electron chi connectivity index (χ1n) is 6.25. The molecule has 0 radical (unpaired) electrons. The van der Waals surface area contributed by atoms with Gasteiger partial charge in [0.25, 0.3) is 0 Å². The Labute approximate surface area is 124 Å². The molecule has 0 saturated heterocycles. The first kappa shape index (κ1) is 14.4. The SMILES string of the molecule is CC(CN)(Cc1ccccc1)c1c(Cl)cccc1Cl. The lowest BCUT2D eigenvalue weighted by Crippen LogP contribution is -2.34. The number of hydrogen-bond donors (Lipinski definition) is 1. The average molecular weight is 294 g/mol. The molecule has 0 aromatic heterocycles. The number of nitrogens with two attached hydrogens (primary N) is 1. The van der Waals surface area contributed by atoms with Crippen LogP contribution in [0.5, 0.6) is 0 Å². The van der Waals surface area contributed by atoms with Gasteiger partial charge in [-0.05, 0) is 29.7 Å². The van der Waals surface area contributed by atoms with Crippen LogP contribution in [0.1, 0.15) is 18.1 Å². The third-order valence-electron chi connectivity index (χ3n) is 3.45. The molecule has 1 nitrogen and oxygen atoms in total. The lowest BCUT2D eigenvalue weighted by atomic mass is 9.77. The molecule has 0 spiro atoms. The van der Waals surface area contributed by atoms with Gasteiger partial charge >= 0.3 is 0 Å². The standard InChI is InChI=1S/C16H17Cl2N/c1-16(11-19,10-12-6-3-2-4-7-12)15-13(17)8-5-9-14(15)18/h2-9H,10-11,19H2,1H3. The van der Waals surface area contributed by atoms with Crippen LogP contribution in [0.4, 0.5) is 0 Å². The van der Waals surface area contributed by atoms with Gasteiger partial charge < -0.3 is 5.73 Å². The van der Waals surface area contributed by atoms with Gasteiger partial charge in [0, 0.05) is 22.0 Å². The second-order valence-electron chi connectivity index (χ2n) is 5.02. The Morgan fingerprint density at radius 3 is 2.05 bits per heavy atom. The van der Waals surface area contributed by atoms with E-state index in [9.17, 15) is 0 Å². The molecule has 2 N–H and O–H groups in total. The van der Waals surface area contributed by atoms with Crippen LogP contribution in [0.15, 0.2) is 48.5 Å². The molecule has 0 aliphatic carbocycles. The Morgan fingerprint density at radius 1 is 0.947 bits per heavy atom. The van der Waals surface area contributed by atoms with Gasteiger partial charge in [-0.25, -0.2) is 0 Å². The van der Waals surface area contributed by atoms with E-state index in [1.807, 2.05) is 36.4 Å². The van der Waals surface area contributed by atoms with Crippen molar-refractivity contribution in [3.63, 3.8) is 0 Å². The topological polar surface area (TPSA) is 26.0 Å². The van der Waals surface area contributed by atoms with Crippen LogP contribution in [0.2, 0.25) is 10.0 Å². The van der Waals surface area contributed by atoms with Gasteiger partial charge in [0.15, 0.2) is 0 Å². The minimum Gasteiger partial charge on any atom is -0.330 e. The van der Waals surface area contributed by atoms with Gasteiger partial charge in [0.1, 0.15) is 0 Å². The lowest BCUT2D eigenvalue weighted by Gasteiger charge is -2.30. The van der Waals surface area contributed by atoms with Gasteiger partial charge in [-0.2, -0.15) is 0 Å². The minimum absolute atomic E-state index is 0.267. The van der Waals surface area contributed by atoms with Crippen LogP contribution in [-0.2, 0) is 11.8 Å². The molecule has 100 valence electrons. The van der Waals surface area contributed by atoms with E-state index < -0.39 is 0 Å². The predicted molar refractivity (Wildman–Crippen MR) is 83.0 cm³/mol. The highest BCUT2D eigenvalue weighted by Crippen LogP contribution is 2.37. The summed E-state index contributed by atoms with van der Waals surface area (Å²) in [6.45, 7) is 2.60. The quantitative estimate of drug-likeness (QED) is 0.885. The average Bonchev–Trinajstić information content (AvgIpc) is 2.39. The van der Waals surface area contributed by atoms with Crippen molar-refractivity contribution in [2.45, 2.75) is 18.8 Å². The zero-order chi connectivity index (χ0) is 13.9. The van der Waals surface area contributed by atoms with Gasteiger partial charge in [0.2, 0.25) is 0 Å². The van der Waals surface area contributed by atoms with E-state index in [2.05, 4.69) is 19.1 Å². The molecule has 1 atom stereocenters. The molecular weight excluding hydrogens is 277 g/mol. The summed E-state index contributed by atoms with van der Waals surface area (Å²) >= 11 is 12.6. The Balaban J connectivity index is 2.43. The summed E-state index contributed by atoms with van der Waals surface area (Å²) in [5, 5.41) is 1.35. The van der Waals surface area contributed by atoms with E-state index in [1.54, 1.807) is 0 Å². The van der Waals surface area contributed by atoms with E-state index >= 15 is 0 Å². The van der Waals surface area contributed by atoms with Crippen LogP contribution >= 0.6 is 23.2 Å². The Hall–Kier alpha value is -1.02. The van der Waals surface area contributed by atoms with E-state index in [4.69, 9.17) is 28.9 Å². The first-order chi connectivity index (χ1) is 9.07. The van der Waals surface area contributed by atoms with E-state index in [-0.39, 0.29) is 5.41 Å². The van der Waals surface area contributed by atoms with Crippen LogP contribution in [0.25, 0.3) is 0 Å². The van der Waals surface area contributed by atoms with Crippen molar-refractivity contribution in [3.8, 4) is 0 Å². The Bertz CT molecular complexity index is 534. The summed E-state index contributed by atoms with van der Waals surface area (Å²) in [6, 6.07) is 15.8. The smallest absolute Gasteiger partial charge is 0.0459 e. The number of hydrogen-bond acceptors (Lipinski definition) is 1. The molecular formula is C16H17Cl2N. The van der Waals surface area contributed by atoms with Crippen molar-refractivity contribution in [2.75, 3.05) is 6.54 Å². The molecule has 19 heavy (non-hydrogen) atoms. The van der Waals surface area contributed by atoms with Crippen molar-refractivity contribution in [3.05, 3.63) is 69.7 Å². The zero-order valence-corrected chi connectivity index (χ0v) is 12.4. The van der Waals surface area contributed by atoms with Crippen LogP contribution in [0.3, 0.4) is 0 Å². The van der Waals surface area contributed by atoms with Crippen molar-refractivity contribution < 1.29 is 0 Å². The maximum Gasteiger partial charge on any atom is 0.0459 e. The van der Waals surface area contributed by atoms with E-state index in [0.29, 0.717) is 16.6 Å². The molecule has 0 saturated carbocycles. The summed E-state index contributed by atoms with van der Waals surface area (Å²) in [7, 11) is 0. The van der Waals surface area contributed by atoms with Gasteiger partial charge in [0.05, 0.1) is 0 Å². The fourth-order valence-corrected chi connectivity index (χ4v) is 3.24. The van der Waals surface area contributed by atoms with Crippen LogP contribution < -0.4 is 5.73 Å². The van der Waals surface area contributed by atoms with Crippen molar-refractivity contribution in [1.82, 2.24) is 0 Å². The molecule has 2 aromatic rings. The monoisotopic (exact) mass is 293 g/mol. The second kappa shape index (κ2) is 5.96. The highest BCUT2D eigenvalue weighted by molar-refractivity contribution is 6.36. The molecule has 0 aliphatic heterocycles. The zero-order valence-electron chi connectivity index (χ0n) is 10.9. The summed E-state index contributed by atoms with van der Waals surface area (Å²) in [5.74, 6) is 0. The molecule has 3 heteroatoms. The number of rotatable bonds is 4. The fourth-order valence-electron chi connectivity index (χ4n) is 2.38. The van der Waals surface area contributed by atoms with Gasteiger partial charge in [-0.1, -0.05) is 66.5 Å². The van der Waals surface area contributed by atoms with Crippen molar-refractivity contribution in [2.24, 2.45) is 5.73 Å². The molecule has 2 aromatic carbocycles. The van der Waals surface area contributed by atoms with Crippen LogP contribution in [-0.4, -0.2) is 6.54 Å². The highest BCUT2D eigenvalue weighted by atomic mass is 35.5. The molecule has 0 bridgehead atoms. The summed E-state index contributed by atoms with van der Waals surface area (Å²) in [4.78, 5) is 0. The largest absolute Gasteiger partial charge is 0.330 e. The summed E-state index contributed by atoms with van der Waals surface area (Å²) < 4.78 is 0. The molecule has 2 rings (SSSR count). The molecule has 0 amide bonds. The maximum atomic E-state index is 6.32. The second-order valence-corrected chi connectivity index (χ2v) is 5.84. The summed E-state index contributed by atoms with van der Waals surface area (Å²) in [5.41, 5.74) is 7.90. The minimum atomic E-state index is -0.267. The maximum absolute atomic E-state index is 6.32. The predicted octanol–water partition coefficient (Wildman–Crippen LogP) is 4.45. The normalized spacial score (nSPS) is 14.1. The van der Waals surface area contributed by atoms with E-state index in [1.165, 1.54) is 5.56 Å². The molecule has 0 heterocycles. The van der Waals surface area contributed by atoms with Gasteiger partial charge in [-0.3, -0.25) is 0 Å². The Kier molecular flexibility index (Phi) is 4.51. The lowest BCUT2D eigenvalue weighted by molar-refractivity contribution is 0.481. The highest BCUT2D eigenvalue weighted by Gasteiger charge is 2.29. The molecule has 0 aliphatic rings. The third-order valence-corrected chi connectivity index (χ3v) is 4.08. The number of halogens is 2. The molecule has 0 fully saturated rings. The van der Waals surface area contributed by atoms with Crippen LogP contribution in [0, 0.1) is 0 Å². The third kappa shape index (κ3) is 3.11. The van der Waals surface area contributed by atoms with E-state index in [0.717, 1.165) is 12.0 Å². The molecule has 1 unspecified atom stereocenters. The fraction of sp³-hybridized carbons (Fsp3) is 0.250. The van der Waals surface area contributed by atoms with Crippen molar-refractivity contribution >= 4 is 23.2 Å². The van der Waals surface area contributed by atoms with Crippen molar-refractivity contribution in [1.29, 1.82) is 0 Å². The first-order valence-corrected chi connectivity index (χ1v) is 7.01. The Morgan fingerprint density at radius 2 is 1.53 bits per heavy atom. The van der Waals surface area contributed by atoms with Gasteiger partial charge in [-0.15, -0.1) is 0 Å². The summed E-state index contributed by atoms with van der Waals surface area (Å²) in [6.07, 6.45) is 0.813. The number of benzene rings is 2.